The van der Waals surface area contributed by atoms with Crippen LogP contribution in [-0.2, 0) is 0 Å². The molecule has 0 spiro atoms. The monoisotopic (exact) mass is 689 g/mol. The molecule has 0 aliphatic rings. The van der Waals surface area contributed by atoms with E-state index in [-0.39, 0.29) is 0 Å². The molecule has 2 heteroatoms. The van der Waals surface area contributed by atoms with E-state index in [9.17, 15) is 0 Å². The predicted octanol–water partition coefficient (Wildman–Crippen LogP) is 14.9. The largest absolute Gasteiger partial charge is 0.455 e. The molecule has 0 saturated heterocycles. The lowest BCUT2D eigenvalue weighted by molar-refractivity contribution is 0.670. The van der Waals surface area contributed by atoms with E-state index in [4.69, 9.17) is 4.42 Å². The lowest BCUT2D eigenvalue weighted by Crippen LogP contribution is -2.12. The van der Waals surface area contributed by atoms with Crippen LogP contribution in [0.25, 0.3) is 77.2 Å². The first-order chi connectivity index (χ1) is 26.8. The van der Waals surface area contributed by atoms with Gasteiger partial charge in [0, 0.05) is 33.2 Å². The molecule has 0 radical (unpaired) electrons. The summed E-state index contributed by atoms with van der Waals surface area (Å²) in [7, 11) is 0. The fourth-order valence-corrected chi connectivity index (χ4v) is 8.02. The van der Waals surface area contributed by atoms with Gasteiger partial charge in [-0.05, 0) is 68.9 Å². The minimum atomic E-state index is 0.889. The van der Waals surface area contributed by atoms with E-state index < -0.39 is 0 Å². The Morgan fingerprint density at radius 1 is 0.315 bits per heavy atom. The molecule has 1 aromatic heterocycles. The zero-order valence-electron chi connectivity index (χ0n) is 29.6. The first-order valence-corrected chi connectivity index (χ1v) is 18.4. The highest BCUT2D eigenvalue weighted by Gasteiger charge is 2.23. The van der Waals surface area contributed by atoms with Crippen molar-refractivity contribution in [1.29, 1.82) is 0 Å². The first-order valence-electron chi connectivity index (χ1n) is 18.4. The van der Waals surface area contributed by atoms with Gasteiger partial charge in [-0.3, -0.25) is 0 Å². The molecule has 0 amide bonds. The van der Waals surface area contributed by atoms with Gasteiger partial charge >= 0.3 is 0 Å². The Kier molecular flexibility index (Phi) is 7.85. The molecular weight excluding hydrogens is 655 g/mol. The van der Waals surface area contributed by atoms with Crippen molar-refractivity contribution in [3.63, 3.8) is 0 Å². The van der Waals surface area contributed by atoms with Crippen LogP contribution in [0.3, 0.4) is 0 Å². The van der Waals surface area contributed by atoms with E-state index in [1.807, 2.05) is 6.07 Å². The van der Waals surface area contributed by atoms with Gasteiger partial charge in [0.25, 0.3) is 0 Å². The third kappa shape index (κ3) is 5.44. The number of nitrogens with zero attached hydrogens (tertiary/aromatic N) is 1. The molecule has 0 aliphatic heterocycles. The highest BCUT2D eigenvalue weighted by atomic mass is 16.3. The normalized spacial score (nSPS) is 11.3. The van der Waals surface area contributed by atoms with Crippen LogP contribution in [0, 0.1) is 0 Å². The molecule has 0 fully saturated rings. The van der Waals surface area contributed by atoms with Crippen molar-refractivity contribution in [3.8, 4) is 44.5 Å². The summed E-state index contributed by atoms with van der Waals surface area (Å²) in [5.41, 5.74) is 14.3. The van der Waals surface area contributed by atoms with Crippen molar-refractivity contribution < 1.29 is 4.42 Å². The van der Waals surface area contributed by atoms with Gasteiger partial charge in [-0.15, -0.1) is 0 Å². The number of rotatable bonds is 7. The van der Waals surface area contributed by atoms with Gasteiger partial charge in [0.1, 0.15) is 11.2 Å². The molecule has 10 aromatic rings. The van der Waals surface area contributed by atoms with Crippen LogP contribution >= 0.6 is 0 Å². The summed E-state index contributed by atoms with van der Waals surface area (Å²) in [4.78, 5) is 2.42. The summed E-state index contributed by atoms with van der Waals surface area (Å²) < 4.78 is 6.63. The SMILES string of the molecule is c1ccc(-c2ccc(N(c3ccccc3-c3cccc4c3oc3ccccc34)c3ccccc3-c3cccc4cccc(-c5ccccc5)c34)cc2)cc1. The van der Waals surface area contributed by atoms with E-state index >= 15 is 0 Å². The van der Waals surface area contributed by atoms with Crippen LogP contribution < -0.4 is 4.90 Å². The van der Waals surface area contributed by atoms with E-state index in [0.29, 0.717) is 0 Å². The molecule has 0 unspecified atom stereocenters. The van der Waals surface area contributed by atoms with Gasteiger partial charge in [-0.2, -0.15) is 0 Å². The second-order valence-electron chi connectivity index (χ2n) is 13.6. The Balaban J connectivity index is 1.23. The molecule has 0 atom stereocenters. The summed E-state index contributed by atoms with van der Waals surface area (Å²) in [6.07, 6.45) is 0. The van der Waals surface area contributed by atoms with Crippen LogP contribution in [0.4, 0.5) is 17.1 Å². The maximum absolute atomic E-state index is 6.63. The van der Waals surface area contributed by atoms with Gasteiger partial charge in [0.2, 0.25) is 0 Å². The molecule has 2 nitrogen and oxygen atoms in total. The maximum atomic E-state index is 6.63. The van der Waals surface area contributed by atoms with Gasteiger partial charge < -0.3 is 9.32 Å². The minimum absolute atomic E-state index is 0.889. The summed E-state index contributed by atoms with van der Waals surface area (Å²) in [6, 6.07) is 75.9. The number of para-hydroxylation sites is 4. The van der Waals surface area contributed by atoms with E-state index in [2.05, 4.69) is 211 Å². The second-order valence-corrected chi connectivity index (χ2v) is 13.6. The molecule has 10 rings (SSSR count). The molecular formula is C52H35NO. The number of hydrogen-bond acceptors (Lipinski definition) is 2. The van der Waals surface area contributed by atoms with Crippen molar-refractivity contribution in [1.82, 2.24) is 0 Å². The number of fused-ring (bicyclic) bond motifs is 4. The average Bonchev–Trinajstić information content (AvgIpc) is 3.64. The van der Waals surface area contributed by atoms with Crippen LogP contribution in [0.1, 0.15) is 0 Å². The first kappa shape index (κ1) is 31.6. The summed E-state index contributed by atoms with van der Waals surface area (Å²) >= 11 is 0. The smallest absolute Gasteiger partial charge is 0.143 e. The van der Waals surface area contributed by atoms with Crippen molar-refractivity contribution in [2.24, 2.45) is 0 Å². The van der Waals surface area contributed by atoms with Crippen LogP contribution in [0.2, 0.25) is 0 Å². The topological polar surface area (TPSA) is 16.4 Å². The predicted molar refractivity (Wildman–Crippen MR) is 228 cm³/mol. The molecule has 1 heterocycles. The Morgan fingerprint density at radius 3 is 1.54 bits per heavy atom. The molecule has 0 N–H and O–H groups in total. The van der Waals surface area contributed by atoms with Crippen molar-refractivity contribution in [2.45, 2.75) is 0 Å². The molecule has 9 aromatic carbocycles. The van der Waals surface area contributed by atoms with Crippen LogP contribution in [0.15, 0.2) is 217 Å². The highest BCUT2D eigenvalue weighted by molar-refractivity contribution is 6.12. The van der Waals surface area contributed by atoms with Gasteiger partial charge in [-0.25, -0.2) is 0 Å². The van der Waals surface area contributed by atoms with Gasteiger partial charge in [0.15, 0.2) is 0 Å². The molecule has 54 heavy (non-hydrogen) atoms. The third-order valence-electron chi connectivity index (χ3n) is 10.5. The molecule has 0 aliphatic carbocycles. The van der Waals surface area contributed by atoms with Crippen molar-refractivity contribution >= 4 is 49.8 Å². The van der Waals surface area contributed by atoms with E-state index in [0.717, 1.165) is 55.7 Å². The minimum Gasteiger partial charge on any atom is -0.455 e. The molecule has 0 saturated carbocycles. The molecule has 0 bridgehead atoms. The Morgan fingerprint density at radius 2 is 0.815 bits per heavy atom. The Labute approximate surface area is 314 Å². The third-order valence-corrected chi connectivity index (χ3v) is 10.5. The zero-order chi connectivity index (χ0) is 35.8. The van der Waals surface area contributed by atoms with Crippen molar-refractivity contribution in [2.75, 3.05) is 4.90 Å². The van der Waals surface area contributed by atoms with Gasteiger partial charge in [0.05, 0.1) is 11.4 Å². The Bertz CT molecular complexity index is 2920. The van der Waals surface area contributed by atoms with Crippen LogP contribution in [0.5, 0.6) is 0 Å². The fraction of sp³-hybridized carbons (Fsp3) is 0. The lowest BCUT2D eigenvalue weighted by atomic mass is 9.90. The zero-order valence-corrected chi connectivity index (χ0v) is 29.6. The number of furan rings is 1. The quantitative estimate of drug-likeness (QED) is 0.166. The lowest BCUT2D eigenvalue weighted by Gasteiger charge is -2.30. The summed E-state index contributed by atoms with van der Waals surface area (Å²) in [6.45, 7) is 0. The average molecular weight is 690 g/mol. The van der Waals surface area contributed by atoms with E-state index in [1.54, 1.807) is 0 Å². The highest BCUT2D eigenvalue weighted by Crippen LogP contribution is 2.48. The molecule has 254 valence electrons. The maximum Gasteiger partial charge on any atom is 0.143 e. The van der Waals surface area contributed by atoms with E-state index in [1.165, 1.54) is 38.6 Å². The number of benzene rings is 9. The summed E-state index contributed by atoms with van der Waals surface area (Å²) in [5, 5.41) is 4.68. The van der Waals surface area contributed by atoms with Gasteiger partial charge in [-0.1, -0.05) is 182 Å². The number of anilines is 3. The standard InChI is InChI=1S/C52H35NO/c1-3-16-36(17-4-1)37-32-34-40(35-33-37)53(49-30-11-8-23-43(49)46-27-15-28-47-44-24-9-12-31-50(44)54-52(46)47)48-29-10-7-22-42(48)45-26-14-21-39-20-13-25-41(51(39)45)38-18-5-2-6-19-38/h1-35H. The Hall–Kier alpha value is -7.16. The summed E-state index contributed by atoms with van der Waals surface area (Å²) in [5.74, 6) is 0. The second kappa shape index (κ2) is 13.4. The van der Waals surface area contributed by atoms with Crippen molar-refractivity contribution in [3.05, 3.63) is 212 Å². The fourth-order valence-electron chi connectivity index (χ4n) is 8.02. The van der Waals surface area contributed by atoms with Crippen LogP contribution in [-0.4, -0.2) is 0 Å². The number of hydrogen-bond donors (Lipinski definition) is 0.